The van der Waals surface area contributed by atoms with E-state index in [9.17, 15) is 4.39 Å². The van der Waals surface area contributed by atoms with E-state index in [1.165, 1.54) is 6.07 Å². The van der Waals surface area contributed by atoms with E-state index in [0.717, 1.165) is 18.7 Å². The molecule has 5 heteroatoms. The van der Waals surface area contributed by atoms with Gasteiger partial charge in [-0.1, -0.05) is 23.7 Å². The summed E-state index contributed by atoms with van der Waals surface area (Å²) in [6.45, 7) is 4.78. The number of morpholine rings is 1. The standard InChI is InChI=1S/C13H18ClFN2O/c1-9(16)12-8-17(5-6-18-12)7-10-3-2-4-11(15)13(10)14/h2-4,9,12H,5-8,16H2,1H3. The Morgan fingerprint density at radius 2 is 2.39 bits per heavy atom. The van der Waals surface area contributed by atoms with Crippen molar-refractivity contribution in [2.24, 2.45) is 5.73 Å². The minimum Gasteiger partial charge on any atom is -0.374 e. The molecule has 0 aromatic heterocycles. The number of nitrogens with zero attached hydrogens (tertiary/aromatic N) is 1. The minimum absolute atomic E-state index is 0.00391. The molecule has 0 spiro atoms. The maximum Gasteiger partial charge on any atom is 0.142 e. The van der Waals surface area contributed by atoms with Gasteiger partial charge in [0.05, 0.1) is 17.7 Å². The summed E-state index contributed by atoms with van der Waals surface area (Å²) in [7, 11) is 0. The molecule has 1 aliphatic rings. The lowest BCUT2D eigenvalue weighted by Crippen LogP contribution is -2.49. The fourth-order valence-electron chi connectivity index (χ4n) is 2.10. The molecule has 0 aliphatic carbocycles. The number of halogens is 2. The number of hydrogen-bond acceptors (Lipinski definition) is 3. The highest BCUT2D eigenvalue weighted by molar-refractivity contribution is 6.31. The van der Waals surface area contributed by atoms with Crippen molar-refractivity contribution in [2.45, 2.75) is 25.6 Å². The summed E-state index contributed by atoms with van der Waals surface area (Å²) >= 11 is 5.95. The predicted molar refractivity (Wildman–Crippen MR) is 70.1 cm³/mol. The lowest BCUT2D eigenvalue weighted by Gasteiger charge is -2.34. The monoisotopic (exact) mass is 272 g/mol. The molecule has 0 bridgehead atoms. The van der Waals surface area contributed by atoms with E-state index < -0.39 is 0 Å². The van der Waals surface area contributed by atoms with Gasteiger partial charge in [-0.3, -0.25) is 4.90 Å². The molecule has 2 unspecified atom stereocenters. The maximum atomic E-state index is 13.3. The lowest BCUT2D eigenvalue weighted by molar-refractivity contribution is -0.0403. The van der Waals surface area contributed by atoms with Gasteiger partial charge in [-0.15, -0.1) is 0 Å². The molecule has 2 rings (SSSR count). The Labute approximate surface area is 112 Å². The summed E-state index contributed by atoms with van der Waals surface area (Å²) in [4.78, 5) is 2.19. The van der Waals surface area contributed by atoms with Gasteiger partial charge in [0.25, 0.3) is 0 Å². The molecular formula is C13H18ClFN2O. The van der Waals surface area contributed by atoms with E-state index in [-0.39, 0.29) is 23.0 Å². The molecule has 0 radical (unpaired) electrons. The zero-order chi connectivity index (χ0) is 13.1. The van der Waals surface area contributed by atoms with E-state index in [4.69, 9.17) is 22.1 Å². The number of hydrogen-bond donors (Lipinski definition) is 1. The van der Waals surface area contributed by atoms with E-state index >= 15 is 0 Å². The van der Waals surface area contributed by atoms with Gasteiger partial charge in [0.1, 0.15) is 5.82 Å². The first-order valence-corrected chi connectivity index (χ1v) is 6.48. The van der Waals surface area contributed by atoms with Gasteiger partial charge >= 0.3 is 0 Å². The normalized spacial score (nSPS) is 23.0. The quantitative estimate of drug-likeness (QED) is 0.915. The summed E-state index contributed by atoms with van der Waals surface area (Å²) in [6, 6.07) is 4.90. The molecule has 3 nitrogen and oxygen atoms in total. The fraction of sp³-hybridized carbons (Fsp3) is 0.538. The zero-order valence-corrected chi connectivity index (χ0v) is 11.2. The first-order valence-electron chi connectivity index (χ1n) is 6.10. The summed E-state index contributed by atoms with van der Waals surface area (Å²) in [5.41, 5.74) is 6.65. The Morgan fingerprint density at radius 1 is 1.61 bits per heavy atom. The van der Waals surface area contributed by atoms with Crippen LogP contribution in [0.25, 0.3) is 0 Å². The summed E-state index contributed by atoms with van der Waals surface area (Å²) < 4.78 is 18.9. The van der Waals surface area contributed by atoms with Crippen LogP contribution in [0.1, 0.15) is 12.5 Å². The van der Waals surface area contributed by atoms with Crippen molar-refractivity contribution in [1.29, 1.82) is 0 Å². The third kappa shape index (κ3) is 3.20. The Kier molecular flexibility index (Phi) is 4.56. The van der Waals surface area contributed by atoms with E-state index in [1.807, 2.05) is 13.0 Å². The second kappa shape index (κ2) is 5.97. The molecule has 1 aromatic carbocycles. The van der Waals surface area contributed by atoms with Crippen molar-refractivity contribution in [3.63, 3.8) is 0 Å². The molecule has 1 saturated heterocycles. The molecule has 18 heavy (non-hydrogen) atoms. The Hall–Kier alpha value is -0.680. The lowest BCUT2D eigenvalue weighted by atomic mass is 10.1. The van der Waals surface area contributed by atoms with Crippen molar-refractivity contribution in [3.8, 4) is 0 Å². The molecule has 2 atom stereocenters. The number of nitrogens with two attached hydrogens (primary N) is 1. The van der Waals surface area contributed by atoms with Gasteiger partial charge in [0.2, 0.25) is 0 Å². The molecule has 1 aliphatic heterocycles. The third-order valence-electron chi connectivity index (χ3n) is 3.19. The molecule has 100 valence electrons. The number of ether oxygens (including phenoxy) is 1. The summed E-state index contributed by atoms with van der Waals surface area (Å²) in [5.74, 6) is -0.369. The van der Waals surface area contributed by atoms with Crippen LogP contribution in [0.5, 0.6) is 0 Å². The molecule has 0 amide bonds. The Balaban J connectivity index is 2.03. The highest BCUT2D eigenvalue weighted by Crippen LogP contribution is 2.22. The first kappa shape index (κ1) is 13.7. The van der Waals surface area contributed by atoms with Crippen molar-refractivity contribution < 1.29 is 9.13 Å². The smallest absolute Gasteiger partial charge is 0.142 e. The van der Waals surface area contributed by atoms with E-state index in [0.29, 0.717) is 13.2 Å². The number of benzene rings is 1. The largest absolute Gasteiger partial charge is 0.374 e. The number of rotatable bonds is 3. The predicted octanol–water partition coefficient (Wildman–Crippen LogP) is 2.03. The highest BCUT2D eigenvalue weighted by atomic mass is 35.5. The second-order valence-corrected chi connectivity index (χ2v) is 5.09. The molecule has 1 heterocycles. The van der Waals surface area contributed by atoms with Crippen LogP contribution < -0.4 is 5.73 Å². The maximum absolute atomic E-state index is 13.3. The van der Waals surface area contributed by atoms with Crippen LogP contribution in [0.2, 0.25) is 5.02 Å². The van der Waals surface area contributed by atoms with Crippen LogP contribution in [0.15, 0.2) is 18.2 Å². The SMILES string of the molecule is CC(N)C1CN(Cc2cccc(F)c2Cl)CCO1. The van der Waals surface area contributed by atoms with Gasteiger partial charge in [-0.25, -0.2) is 4.39 Å². The average Bonchev–Trinajstić information content (AvgIpc) is 2.35. The summed E-state index contributed by atoms with van der Waals surface area (Å²) in [6.07, 6.45) is 0.0334. The van der Waals surface area contributed by atoms with Crippen LogP contribution in [0, 0.1) is 5.82 Å². The average molecular weight is 273 g/mol. The van der Waals surface area contributed by atoms with Crippen molar-refractivity contribution in [1.82, 2.24) is 4.90 Å². The molecule has 1 fully saturated rings. The summed E-state index contributed by atoms with van der Waals surface area (Å²) in [5, 5.41) is 0.210. The van der Waals surface area contributed by atoms with Crippen LogP contribution in [0.3, 0.4) is 0 Å². The second-order valence-electron chi connectivity index (χ2n) is 4.72. The molecular weight excluding hydrogens is 255 g/mol. The van der Waals surface area contributed by atoms with Gasteiger partial charge in [0.15, 0.2) is 0 Å². The topological polar surface area (TPSA) is 38.5 Å². The minimum atomic E-state index is -0.369. The third-order valence-corrected chi connectivity index (χ3v) is 3.61. The first-order chi connectivity index (χ1) is 8.58. The highest BCUT2D eigenvalue weighted by Gasteiger charge is 2.23. The van der Waals surface area contributed by atoms with Crippen LogP contribution in [0.4, 0.5) is 4.39 Å². The fourth-order valence-corrected chi connectivity index (χ4v) is 2.29. The van der Waals surface area contributed by atoms with E-state index in [2.05, 4.69) is 4.90 Å². The molecule has 0 saturated carbocycles. The van der Waals surface area contributed by atoms with Crippen molar-refractivity contribution >= 4 is 11.6 Å². The van der Waals surface area contributed by atoms with Crippen molar-refractivity contribution in [3.05, 3.63) is 34.6 Å². The Bertz CT molecular complexity index is 414. The van der Waals surface area contributed by atoms with Crippen LogP contribution in [-0.2, 0) is 11.3 Å². The van der Waals surface area contributed by atoms with Gasteiger partial charge < -0.3 is 10.5 Å². The van der Waals surface area contributed by atoms with Crippen molar-refractivity contribution in [2.75, 3.05) is 19.7 Å². The van der Waals surface area contributed by atoms with Gasteiger partial charge in [0, 0.05) is 25.7 Å². The van der Waals surface area contributed by atoms with Crippen LogP contribution in [-0.4, -0.2) is 36.7 Å². The molecule has 1 aromatic rings. The Morgan fingerprint density at radius 3 is 3.11 bits per heavy atom. The van der Waals surface area contributed by atoms with Gasteiger partial charge in [-0.2, -0.15) is 0 Å². The van der Waals surface area contributed by atoms with Crippen LogP contribution >= 0.6 is 11.6 Å². The zero-order valence-electron chi connectivity index (χ0n) is 10.4. The molecule has 2 N–H and O–H groups in total. The van der Waals surface area contributed by atoms with E-state index in [1.54, 1.807) is 6.07 Å². The van der Waals surface area contributed by atoms with Gasteiger partial charge in [-0.05, 0) is 18.6 Å².